The van der Waals surface area contributed by atoms with Gasteiger partial charge >= 0.3 is 0 Å². The Morgan fingerprint density at radius 3 is 2.83 bits per heavy atom. The molecule has 0 radical (unpaired) electrons. The highest BCUT2D eigenvalue weighted by atomic mass is 35.5. The average Bonchev–Trinajstić information content (AvgIpc) is 2.95. The molecule has 0 spiro atoms. The minimum absolute atomic E-state index is 0.101. The Bertz CT molecular complexity index is 781. The molecule has 1 N–H and O–H groups in total. The van der Waals surface area contributed by atoms with Gasteiger partial charge in [-0.05, 0) is 42.2 Å². The second kappa shape index (κ2) is 6.81. The fraction of sp³-hybridized carbons (Fsp3) is 0.235. The molecule has 0 bridgehead atoms. The van der Waals surface area contributed by atoms with Crippen LogP contribution < -0.4 is 5.32 Å². The van der Waals surface area contributed by atoms with Crippen molar-refractivity contribution in [3.63, 3.8) is 0 Å². The first kappa shape index (κ1) is 16.1. The summed E-state index contributed by atoms with van der Waals surface area (Å²) >= 11 is 6.15. The smallest absolute Gasteiger partial charge is 0.237 e. The SMILES string of the molecule is O=C(C[S@](=O)[C@H]1CCc2c(Cl)cccc21)Nc1ccccc1F. The van der Waals surface area contributed by atoms with Crippen molar-refractivity contribution >= 4 is 34.0 Å². The molecule has 0 fully saturated rings. The lowest BCUT2D eigenvalue weighted by Gasteiger charge is -2.12. The monoisotopic (exact) mass is 351 g/mol. The lowest BCUT2D eigenvalue weighted by atomic mass is 10.1. The molecule has 1 amide bonds. The van der Waals surface area contributed by atoms with E-state index in [-0.39, 0.29) is 16.7 Å². The Labute approximate surface area is 141 Å². The maximum absolute atomic E-state index is 13.5. The largest absolute Gasteiger partial charge is 0.323 e. The van der Waals surface area contributed by atoms with Gasteiger partial charge in [0, 0.05) is 15.8 Å². The second-order valence-electron chi connectivity index (χ2n) is 5.39. The summed E-state index contributed by atoms with van der Waals surface area (Å²) in [5.41, 5.74) is 2.07. The second-order valence-corrected chi connectivity index (χ2v) is 7.41. The summed E-state index contributed by atoms with van der Waals surface area (Å²) in [5.74, 6) is -1.13. The number of amides is 1. The predicted molar refractivity (Wildman–Crippen MR) is 90.6 cm³/mol. The van der Waals surface area contributed by atoms with E-state index in [2.05, 4.69) is 5.32 Å². The Morgan fingerprint density at radius 2 is 2.04 bits per heavy atom. The molecule has 0 aliphatic heterocycles. The number of anilines is 1. The number of carbonyl (C=O) groups excluding carboxylic acids is 1. The van der Waals surface area contributed by atoms with Crippen molar-refractivity contribution in [3.05, 3.63) is 64.4 Å². The van der Waals surface area contributed by atoms with Crippen LogP contribution in [0.5, 0.6) is 0 Å². The molecule has 0 saturated heterocycles. The van der Waals surface area contributed by atoms with E-state index in [0.29, 0.717) is 11.4 Å². The van der Waals surface area contributed by atoms with E-state index in [4.69, 9.17) is 11.6 Å². The van der Waals surface area contributed by atoms with Gasteiger partial charge in [0.25, 0.3) is 0 Å². The van der Waals surface area contributed by atoms with Crippen LogP contribution in [0.25, 0.3) is 0 Å². The molecule has 1 aliphatic rings. The molecule has 6 heteroatoms. The molecule has 23 heavy (non-hydrogen) atoms. The zero-order valence-electron chi connectivity index (χ0n) is 12.2. The van der Waals surface area contributed by atoms with Gasteiger partial charge in [0.1, 0.15) is 11.6 Å². The maximum Gasteiger partial charge on any atom is 0.237 e. The van der Waals surface area contributed by atoms with E-state index in [0.717, 1.165) is 17.5 Å². The third kappa shape index (κ3) is 3.46. The van der Waals surface area contributed by atoms with Gasteiger partial charge in [0.2, 0.25) is 5.91 Å². The summed E-state index contributed by atoms with van der Waals surface area (Å²) in [6.45, 7) is 0. The summed E-state index contributed by atoms with van der Waals surface area (Å²) in [4.78, 5) is 12.0. The average molecular weight is 352 g/mol. The fourth-order valence-electron chi connectivity index (χ4n) is 2.82. The fourth-order valence-corrected chi connectivity index (χ4v) is 4.52. The van der Waals surface area contributed by atoms with Gasteiger partial charge in [0.15, 0.2) is 0 Å². The van der Waals surface area contributed by atoms with Crippen LogP contribution in [0, 0.1) is 5.82 Å². The number of para-hydroxylation sites is 1. The molecule has 0 aromatic heterocycles. The zero-order valence-corrected chi connectivity index (χ0v) is 13.8. The third-order valence-corrected chi connectivity index (χ3v) is 5.92. The van der Waals surface area contributed by atoms with E-state index in [1.807, 2.05) is 18.2 Å². The molecule has 2 atom stereocenters. The van der Waals surface area contributed by atoms with Gasteiger partial charge < -0.3 is 5.32 Å². The van der Waals surface area contributed by atoms with Gasteiger partial charge in [-0.1, -0.05) is 35.9 Å². The summed E-state index contributed by atoms with van der Waals surface area (Å²) in [6, 6.07) is 11.5. The van der Waals surface area contributed by atoms with Crippen molar-refractivity contribution in [1.29, 1.82) is 0 Å². The van der Waals surface area contributed by atoms with Crippen molar-refractivity contribution in [2.75, 3.05) is 11.1 Å². The summed E-state index contributed by atoms with van der Waals surface area (Å²) in [6.07, 6.45) is 1.47. The number of carbonyl (C=O) groups is 1. The normalized spacial score (nSPS) is 17.6. The molecule has 0 heterocycles. The third-order valence-electron chi connectivity index (χ3n) is 3.90. The Balaban J connectivity index is 1.68. The highest BCUT2D eigenvalue weighted by Crippen LogP contribution is 2.39. The molecule has 0 unspecified atom stereocenters. The number of fused-ring (bicyclic) bond motifs is 1. The van der Waals surface area contributed by atoms with Crippen LogP contribution in [0.15, 0.2) is 42.5 Å². The van der Waals surface area contributed by atoms with Crippen LogP contribution in [0.3, 0.4) is 0 Å². The van der Waals surface area contributed by atoms with Crippen molar-refractivity contribution in [3.8, 4) is 0 Å². The highest BCUT2D eigenvalue weighted by molar-refractivity contribution is 7.86. The predicted octanol–water partition coefficient (Wildman–Crippen LogP) is 3.85. The maximum atomic E-state index is 13.5. The van der Waals surface area contributed by atoms with Gasteiger partial charge in [-0.15, -0.1) is 0 Å². The van der Waals surface area contributed by atoms with Crippen LogP contribution in [0.4, 0.5) is 10.1 Å². The first-order valence-electron chi connectivity index (χ1n) is 7.25. The number of benzene rings is 2. The molecule has 1 aliphatic carbocycles. The lowest BCUT2D eigenvalue weighted by Crippen LogP contribution is -2.22. The van der Waals surface area contributed by atoms with E-state index in [9.17, 15) is 13.4 Å². The Hall–Kier alpha value is -1.72. The number of halogens is 2. The van der Waals surface area contributed by atoms with Crippen molar-refractivity contribution < 1.29 is 13.4 Å². The first-order chi connectivity index (χ1) is 11.1. The molecule has 2 aromatic rings. The van der Waals surface area contributed by atoms with Crippen LogP contribution in [-0.4, -0.2) is 15.9 Å². The Kier molecular flexibility index (Phi) is 4.78. The quantitative estimate of drug-likeness (QED) is 0.909. The summed E-state index contributed by atoms with van der Waals surface area (Å²) < 4.78 is 26.0. The van der Waals surface area contributed by atoms with Crippen molar-refractivity contribution in [2.24, 2.45) is 0 Å². The molecule has 3 nitrogen and oxygen atoms in total. The first-order valence-corrected chi connectivity index (χ1v) is 9.01. The van der Waals surface area contributed by atoms with E-state index in [1.165, 1.54) is 12.1 Å². The number of nitrogens with one attached hydrogen (secondary N) is 1. The zero-order chi connectivity index (χ0) is 16.4. The standard InChI is InChI=1S/C17H15ClFNO2S/c18-13-5-3-4-12-11(13)8-9-16(12)23(22)10-17(21)20-15-7-2-1-6-14(15)19/h1-7,16H,8-10H2,(H,20,21)/t16-,23-/m0/s1. The molecule has 0 saturated carbocycles. The lowest BCUT2D eigenvalue weighted by molar-refractivity contribution is -0.113. The van der Waals surface area contributed by atoms with Crippen LogP contribution >= 0.6 is 11.6 Å². The molecule has 2 aromatic carbocycles. The Morgan fingerprint density at radius 1 is 1.26 bits per heavy atom. The number of hydrogen-bond donors (Lipinski definition) is 1. The minimum Gasteiger partial charge on any atom is -0.323 e. The molecule has 120 valence electrons. The van der Waals surface area contributed by atoms with Crippen molar-refractivity contribution in [1.82, 2.24) is 0 Å². The van der Waals surface area contributed by atoms with Crippen LogP contribution in [0.1, 0.15) is 22.8 Å². The molecule has 3 rings (SSSR count). The van der Waals surface area contributed by atoms with Gasteiger partial charge in [0.05, 0.1) is 10.9 Å². The summed E-state index contributed by atoms with van der Waals surface area (Å²) in [5, 5.41) is 2.95. The molecular weight excluding hydrogens is 337 g/mol. The van der Waals surface area contributed by atoms with Gasteiger partial charge in [-0.2, -0.15) is 0 Å². The van der Waals surface area contributed by atoms with Crippen molar-refractivity contribution in [2.45, 2.75) is 18.1 Å². The molecular formula is C17H15ClFNO2S. The summed E-state index contributed by atoms with van der Waals surface area (Å²) in [7, 11) is -1.37. The van der Waals surface area contributed by atoms with E-state index in [1.54, 1.807) is 12.1 Å². The topological polar surface area (TPSA) is 46.2 Å². The number of rotatable bonds is 4. The van der Waals surface area contributed by atoms with E-state index < -0.39 is 22.5 Å². The van der Waals surface area contributed by atoms with Gasteiger partial charge in [-0.25, -0.2) is 4.39 Å². The highest BCUT2D eigenvalue weighted by Gasteiger charge is 2.29. The van der Waals surface area contributed by atoms with Gasteiger partial charge in [-0.3, -0.25) is 9.00 Å². The number of hydrogen-bond acceptors (Lipinski definition) is 2. The van der Waals surface area contributed by atoms with Crippen LogP contribution in [-0.2, 0) is 22.0 Å². The van der Waals surface area contributed by atoms with E-state index >= 15 is 0 Å². The van der Waals surface area contributed by atoms with Crippen LogP contribution in [0.2, 0.25) is 5.02 Å². The minimum atomic E-state index is -1.37.